The molecule has 1 aromatic rings. The number of nitrogens with one attached hydrogen (secondary N) is 1. The van der Waals surface area contributed by atoms with E-state index >= 15 is 0 Å². The third-order valence-corrected chi connectivity index (χ3v) is 3.17. The van der Waals surface area contributed by atoms with Crippen molar-refractivity contribution in [2.75, 3.05) is 0 Å². The number of hydrogen-bond acceptors (Lipinski definition) is 1. The summed E-state index contributed by atoms with van der Waals surface area (Å²) in [4.78, 5) is 0. The van der Waals surface area contributed by atoms with Gasteiger partial charge >= 0.3 is 0 Å². The van der Waals surface area contributed by atoms with E-state index in [-0.39, 0.29) is 0 Å². The van der Waals surface area contributed by atoms with Crippen LogP contribution >= 0.6 is 0 Å². The Morgan fingerprint density at radius 1 is 1.06 bits per heavy atom. The molecule has 1 rings (SSSR count). The minimum absolute atomic E-state index is 0.608. The van der Waals surface area contributed by atoms with Crippen LogP contribution < -0.4 is 5.32 Å². The third kappa shape index (κ3) is 4.80. The van der Waals surface area contributed by atoms with E-state index in [1.54, 1.807) is 0 Å². The smallest absolute Gasteiger partial charge is 0.00443 e. The molecular formula is C15H25N. The number of hydrogen-bond donors (Lipinski definition) is 1. The Morgan fingerprint density at radius 2 is 1.69 bits per heavy atom. The fourth-order valence-corrected chi connectivity index (χ4v) is 1.82. The van der Waals surface area contributed by atoms with Gasteiger partial charge in [-0.3, -0.25) is 0 Å². The maximum absolute atomic E-state index is 3.61. The Labute approximate surface area is 100 Å². The number of rotatable bonds is 6. The Bertz CT molecular complexity index is 289. The molecule has 0 aliphatic carbocycles. The predicted molar refractivity (Wildman–Crippen MR) is 71.9 cm³/mol. The lowest BCUT2D eigenvalue weighted by Gasteiger charge is -2.18. The minimum Gasteiger partial charge on any atom is -0.312 e. The van der Waals surface area contributed by atoms with Crippen LogP contribution in [0.25, 0.3) is 0 Å². The molecule has 1 aromatic carbocycles. The van der Waals surface area contributed by atoms with Crippen molar-refractivity contribution in [3.05, 3.63) is 35.4 Å². The maximum Gasteiger partial charge on any atom is 0.00443 e. The predicted octanol–water partition coefficient (Wildman–Crippen LogP) is 3.70. The van der Waals surface area contributed by atoms with Crippen molar-refractivity contribution in [1.82, 2.24) is 5.32 Å². The van der Waals surface area contributed by atoms with Crippen LogP contribution in [0.3, 0.4) is 0 Å². The van der Waals surface area contributed by atoms with Gasteiger partial charge in [-0.15, -0.1) is 0 Å². The van der Waals surface area contributed by atoms with E-state index in [1.807, 2.05) is 0 Å². The average molecular weight is 219 g/mol. The van der Waals surface area contributed by atoms with Gasteiger partial charge in [0.2, 0.25) is 0 Å². The second-order valence-corrected chi connectivity index (χ2v) is 4.90. The zero-order chi connectivity index (χ0) is 12.0. The van der Waals surface area contributed by atoms with Crippen molar-refractivity contribution < 1.29 is 0 Å². The first-order chi connectivity index (χ1) is 7.61. The summed E-state index contributed by atoms with van der Waals surface area (Å²) < 4.78 is 0. The molecule has 0 saturated heterocycles. The molecule has 0 amide bonds. The van der Waals surface area contributed by atoms with Crippen LogP contribution in [0.1, 0.15) is 44.7 Å². The van der Waals surface area contributed by atoms with Crippen molar-refractivity contribution in [3.8, 4) is 0 Å². The van der Waals surface area contributed by atoms with Crippen molar-refractivity contribution >= 4 is 0 Å². The summed E-state index contributed by atoms with van der Waals surface area (Å²) in [5.41, 5.74) is 2.79. The normalized spacial score (nSPS) is 14.8. The van der Waals surface area contributed by atoms with Gasteiger partial charge in [0, 0.05) is 12.1 Å². The fraction of sp³-hybridized carbons (Fsp3) is 0.600. The van der Waals surface area contributed by atoms with E-state index in [0.29, 0.717) is 12.1 Å². The van der Waals surface area contributed by atoms with E-state index in [4.69, 9.17) is 0 Å². The molecule has 0 spiro atoms. The van der Waals surface area contributed by atoms with Gasteiger partial charge in [-0.1, -0.05) is 36.8 Å². The Hall–Kier alpha value is -0.820. The van der Waals surface area contributed by atoms with Crippen LogP contribution in [0.5, 0.6) is 0 Å². The number of benzene rings is 1. The van der Waals surface area contributed by atoms with E-state index < -0.39 is 0 Å². The highest BCUT2D eigenvalue weighted by Crippen LogP contribution is 2.08. The van der Waals surface area contributed by atoms with E-state index in [9.17, 15) is 0 Å². The lowest BCUT2D eigenvalue weighted by molar-refractivity contribution is 0.438. The highest BCUT2D eigenvalue weighted by atomic mass is 14.9. The second-order valence-electron chi connectivity index (χ2n) is 4.90. The molecule has 0 aromatic heterocycles. The minimum atomic E-state index is 0.608. The Morgan fingerprint density at radius 3 is 2.25 bits per heavy atom. The molecule has 90 valence electrons. The van der Waals surface area contributed by atoms with E-state index in [1.165, 1.54) is 30.4 Å². The zero-order valence-electron chi connectivity index (χ0n) is 11.1. The van der Waals surface area contributed by atoms with Crippen LogP contribution in [0.15, 0.2) is 24.3 Å². The maximum atomic E-state index is 3.61. The molecule has 0 bridgehead atoms. The van der Waals surface area contributed by atoms with Gasteiger partial charge in [-0.2, -0.15) is 0 Å². The summed E-state index contributed by atoms with van der Waals surface area (Å²) in [5, 5.41) is 3.61. The highest BCUT2D eigenvalue weighted by Gasteiger charge is 2.05. The lowest BCUT2D eigenvalue weighted by atomic mass is 10.0. The first-order valence-corrected chi connectivity index (χ1v) is 6.43. The molecule has 1 N–H and O–H groups in total. The summed E-state index contributed by atoms with van der Waals surface area (Å²) in [5.74, 6) is 0. The van der Waals surface area contributed by atoms with Gasteiger partial charge in [0.05, 0.1) is 0 Å². The fourth-order valence-electron chi connectivity index (χ4n) is 1.82. The molecule has 0 heterocycles. The molecule has 0 aliphatic heterocycles. The molecule has 0 radical (unpaired) electrons. The van der Waals surface area contributed by atoms with E-state index in [2.05, 4.69) is 57.3 Å². The SMILES string of the molecule is CCC(C)NC(C)CCc1ccc(C)cc1. The Kier molecular flexibility index (Phi) is 5.54. The third-order valence-electron chi connectivity index (χ3n) is 3.17. The molecule has 1 heteroatoms. The zero-order valence-corrected chi connectivity index (χ0v) is 11.1. The van der Waals surface area contributed by atoms with Crippen molar-refractivity contribution in [1.29, 1.82) is 0 Å². The quantitative estimate of drug-likeness (QED) is 0.769. The molecule has 1 nitrogen and oxygen atoms in total. The first-order valence-electron chi connectivity index (χ1n) is 6.43. The average Bonchev–Trinajstić information content (AvgIpc) is 2.28. The van der Waals surface area contributed by atoms with Crippen LogP contribution in [0.2, 0.25) is 0 Å². The Balaban J connectivity index is 2.31. The molecule has 2 unspecified atom stereocenters. The summed E-state index contributed by atoms with van der Waals surface area (Å²) in [6.07, 6.45) is 3.59. The summed E-state index contributed by atoms with van der Waals surface area (Å²) in [6, 6.07) is 10.1. The highest BCUT2D eigenvalue weighted by molar-refractivity contribution is 5.21. The van der Waals surface area contributed by atoms with Gasteiger partial charge in [0.15, 0.2) is 0 Å². The van der Waals surface area contributed by atoms with Gasteiger partial charge in [-0.25, -0.2) is 0 Å². The van der Waals surface area contributed by atoms with Gasteiger partial charge in [0.1, 0.15) is 0 Å². The summed E-state index contributed by atoms with van der Waals surface area (Å²) in [6.45, 7) is 8.89. The van der Waals surface area contributed by atoms with E-state index in [0.717, 1.165) is 0 Å². The molecule has 0 aliphatic rings. The van der Waals surface area contributed by atoms with Crippen LogP contribution in [-0.4, -0.2) is 12.1 Å². The van der Waals surface area contributed by atoms with Crippen molar-refractivity contribution in [3.63, 3.8) is 0 Å². The monoisotopic (exact) mass is 219 g/mol. The van der Waals surface area contributed by atoms with Gasteiger partial charge in [0.25, 0.3) is 0 Å². The molecule has 2 atom stereocenters. The standard InChI is InChI=1S/C15H25N/c1-5-13(3)16-14(4)8-11-15-9-6-12(2)7-10-15/h6-7,9-10,13-14,16H,5,8,11H2,1-4H3. The lowest BCUT2D eigenvalue weighted by Crippen LogP contribution is -2.34. The van der Waals surface area contributed by atoms with Crippen LogP contribution in [0.4, 0.5) is 0 Å². The molecule has 16 heavy (non-hydrogen) atoms. The van der Waals surface area contributed by atoms with Crippen molar-refractivity contribution in [2.45, 2.75) is 59.0 Å². The van der Waals surface area contributed by atoms with Gasteiger partial charge in [-0.05, 0) is 45.6 Å². The molecule has 0 fully saturated rings. The first kappa shape index (κ1) is 13.2. The number of aryl methyl sites for hydroxylation is 2. The topological polar surface area (TPSA) is 12.0 Å². The largest absolute Gasteiger partial charge is 0.312 e. The van der Waals surface area contributed by atoms with Gasteiger partial charge < -0.3 is 5.32 Å². The summed E-state index contributed by atoms with van der Waals surface area (Å²) in [7, 11) is 0. The molecule has 0 saturated carbocycles. The second kappa shape index (κ2) is 6.70. The van der Waals surface area contributed by atoms with Crippen molar-refractivity contribution in [2.24, 2.45) is 0 Å². The molecular weight excluding hydrogens is 194 g/mol. The summed E-state index contributed by atoms with van der Waals surface area (Å²) >= 11 is 0. The van der Waals surface area contributed by atoms with Crippen LogP contribution in [0, 0.1) is 6.92 Å². The van der Waals surface area contributed by atoms with Crippen LogP contribution in [-0.2, 0) is 6.42 Å².